The van der Waals surface area contributed by atoms with Gasteiger partial charge in [-0.25, -0.2) is 24.9 Å². The van der Waals surface area contributed by atoms with Gasteiger partial charge in [-0.15, -0.1) is 53.0 Å². The normalized spacial score (nSPS) is 12.3. The number of hydrogen-bond acceptors (Lipinski definition) is 13. The molecule has 0 atom stereocenters. The monoisotopic (exact) mass is 2540 g/mol. The van der Waals surface area contributed by atoms with Gasteiger partial charge in [0.05, 0.1) is 16.6 Å². The Balaban J connectivity index is 0.000000116. The van der Waals surface area contributed by atoms with E-state index in [0.717, 1.165) is 85.3 Å². The maximum absolute atomic E-state index is 4.54. The van der Waals surface area contributed by atoms with Gasteiger partial charge in [-0.05, 0) is 161 Å². The quantitative estimate of drug-likeness (QED) is 0.128. The van der Waals surface area contributed by atoms with Crippen LogP contribution < -0.4 is 34.3 Å². The van der Waals surface area contributed by atoms with Crippen LogP contribution in [-0.4, -0.2) is 69.2 Å². The fraction of sp³-hybridized carbons (Fsp3) is 0.0250. The van der Waals surface area contributed by atoms with Gasteiger partial charge >= 0.3 is 80.4 Å². The van der Waals surface area contributed by atoms with Gasteiger partial charge in [-0.1, -0.05) is 132 Å². The summed E-state index contributed by atoms with van der Waals surface area (Å²) in [6.07, 6.45) is 17.2. The molecule has 0 amide bonds. The summed E-state index contributed by atoms with van der Waals surface area (Å²) in [4.78, 5) is 39.0. The molecule has 21 heteroatoms. The number of nitrogens with zero attached hydrogens (tertiary/aromatic N) is 17. The fourth-order valence-corrected chi connectivity index (χ4v) is 17.0. The van der Waals surface area contributed by atoms with Crippen molar-refractivity contribution in [3.63, 3.8) is 0 Å². The molecule has 0 spiro atoms. The molecule has 14 aromatic carbocycles. The zero-order valence-corrected chi connectivity index (χ0v) is 86.2. The van der Waals surface area contributed by atoms with Gasteiger partial charge in [-0.2, -0.15) is 238 Å². The first kappa shape index (κ1) is 98.6. The maximum atomic E-state index is 4.54. The Morgan fingerprint density at radius 1 is 0.220 bits per heavy atom. The number of anilines is 9. The number of fused-ring (bicyclic) bond motifs is 14. The molecule has 9 aromatic heterocycles. The van der Waals surface area contributed by atoms with Gasteiger partial charge in [0, 0.05) is 91.6 Å². The Morgan fingerprint density at radius 3 is 1.01 bits per heavy atom. The number of pyridine rings is 5. The minimum atomic E-state index is 0. The molecule has 23 aromatic rings. The van der Waals surface area contributed by atoms with Crippen molar-refractivity contribution in [1.82, 2.24) is 48.1 Å². The van der Waals surface area contributed by atoms with Gasteiger partial charge in [0.25, 0.3) is 0 Å². The largest absolute Gasteiger partial charge is 3.00 e. The average Bonchev–Trinajstić information content (AvgIpc) is 1.61. The number of hydrogen-bond donors (Lipinski definition) is 0. The SMILES string of the molecule is CN1C=CN(c2[c-]cccc2)[CH-]1.CN1[CH-]N(c2[c-]cccc2)c2ccccc21.CN1[CH-]N(c2[c-]cccc2)c2ncccc21.[Ir+3].[Ir+3].[Ir+3].[Ir+3].[c-]1cccc2c3ccccc3n(-c3ccccn3)c12.[c-]1ccccc1-n1c2ccccc2c2cccnc21.[c-]1ccccc1-n1c2ccccc2c2cccnc21.[c-]1ccccc1-n1c2ccccc2c2cccnc21.[c-]1ccccc1N1C=CN(c2ccccc2)[CH-]1. The van der Waals surface area contributed by atoms with Crippen molar-refractivity contribution in [2.75, 3.05) is 55.4 Å². The minimum Gasteiger partial charge on any atom is -0.510 e. The molecule has 141 heavy (non-hydrogen) atoms. The zero-order chi connectivity index (χ0) is 92.4. The molecular formula is C120H89Ir4N17. The fourth-order valence-electron chi connectivity index (χ4n) is 17.0. The number of rotatable bonds is 9. The molecule has 0 saturated carbocycles. The predicted molar refractivity (Wildman–Crippen MR) is 560 cm³/mol. The first-order valence-electron chi connectivity index (χ1n) is 44.9. The third kappa shape index (κ3) is 21.8. The van der Waals surface area contributed by atoms with Crippen molar-refractivity contribution in [2.45, 2.75) is 0 Å². The van der Waals surface area contributed by atoms with Crippen LogP contribution in [0.2, 0.25) is 0 Å². The van der Waals surface area contributed by atoms with Crippen molar-refractivity contribution in [3.05, 3.63) is 537 Å². The van der Waals surface area contributed by atoms with E-state index in [2.05, 4.69) is 313 Å². The van der Waals surface area contributed by atoms with E-state index in [-0.39, 0.29) is 80.4 Å². The summed E-state index contributed by atoms with van der Waals surface area (Å²) in [6, 6.07) is 162. The molecule has 0 N–H and O–H groups in total. The van der Waals surface area contributed by atoms with Crippen LogP contribution in [0.1, 0.15) is 0 Å². The van der Waals surface area contributed by atoms with Gasteiger partial charge in [0.2, 0.25) is 0 Å². The summed E-state index contributed by atoms with van der Waals surface area (Å²) in [5.74, 6) is 1.88. The second-order valence-electron chi connectivity index (χ2n) is 32.0. The van der Waals surface area contributed by atoms with Crippen LogP contribution >= 0.6 is 0 Å². The van der Waals surface area contributed by atoms with Crippen LogP contribution in [0.25, 0.3) is 110 Å². The summed E-state index contributed by atoms with van der Waals surface area (Å²) in [5, 5.41) is 9.65. The van der Waals surface area contributed by atoms with Crippen molar-refractivity contribution < 1.29 is 80.4 Å². The molecule has 4 aliphatic heterocycles. The molecule has 0 saturated heterocycles. The third-order valence-electron chi connectivity index (χ3n) is 23.3. The number of benzene rings is 14. The molecule has 0 fully saturated rings. The van der Waals surface area contributed by atoms with Crippen molar-refractivity contribution in [1.29, 1.82) is 0 Å². The molecule has 13 heterocycles. The van der Waals surface area contributed by atoms with Crippen LogP contribution in [0.4, 0.5) is 51.3 Å². The van der Waals surface area contributed by atoms with E-state index >= 15 is 0 Å². The molecule has 27 rings (SSSR count). The summed E-state index contributed by atoms with van der Waals surface area (Å²) >= 11 is 0. The first-order chi connectivity index (χ1) is 67.8. The van der Waals surface area contributed by atoms with Crippen LogP contribution in [0.5, 0.6) is 0 Å². The number of para-hydroxylation sites is 15. The summed E-state index contributed by atoms with van der Waals surface area (Å²) in [7, 11) is 6.07. The smallest absolute Gasteiger partial charge is 0.510 e. The standard InChI is InChI=1S/4C17H11N2.C15H12N2.C14H12N2.C13H11N3.C10H10N2.4Ir/c1-3-9-15-13(7-1)14-8-2-4-10-16(14)19(15)17-11-5-6-12-18-17;3*1-2-7-13(8-3-1)19-16-11-5-4-9-14(16)15-10-6-12-18-17(15)19;1-3-7-14(8-4-1)16-11-12-17(13-16)15-9-5-2-6-10-15;1-15-11-16(12-7-3-2-4-8-12)14-10-6-5-9-13(14)15;1-15-10-16(11-6-3-2-4-7-11)13-12(15)8-5-9-14-13;1-11-7-8-12(9-11)10-5-3-2-4-6-10;;;;/h1-9,11-12H;3*1-7,9-12H;1-9,11-13H;2-7,9-11H,1H3;2-6,8-10H,1H3;2-5,7-9H,1H3;;;;/q4*-1;4*-2;4*+3. The van der Waals surface area contributed by atoms with Crippen LogP contribution in [0, 0.1) is 75.2 Å². The molecule has 0 aliphatic carbocycles. The molecule has 0 bridgehead atoms. The Labute approximate surface area is 875 Å². The second kappa shape index (κ2) is 47.2. The minimum absolute atomic E-state index is 0. The Morgan fingerprint density at radius 2 is 0.553 bits per heavy atom. The Kier molecular flexibility index (Phi) is 33.0. The van der Waals surface area contributed by atoms with Crippen LogP contribution in [0.15, 0.2) is 462 Å². The van der Waals surface area contributed by atoms with E-state index in [4.69, 9.17) is 0 Å². The first-order valence-corrected chi connectivity index (χ1v) is 44.9. The van der Waals surface area contributed by atoms with E-state index in [1.54, 1.807) is 0 Å². The third-order valence-corrected chi connectivity index (χ3v) is 23.3. The van der Waals surface area contributed by atoms with E-state index in [1.807, 2.05) is 328 Å². The van der Waals surface area contributed by atoms with E-state index in [0.29, 0.717) is 0 Å². The van der Waals surface area contributed by atoms with Crippen molar-refractivity contribution >= 4 is 139 Å². The molecule has 690 valence electrons. The molecular weight excluding hydrogens is 2450 g/mol. The molecule has 0 radical (unpaired) electrons. The molecule has 0 unspecified atom stereocenters. The molecule has 4 aliphatic rings. The van der Waals surface area contributed by atoms with Crippen LogP contribution in [-0.2, 0) is 80.4 Å². The van der Waals surface area contributed by atoms with Gasteiger partial charge < -0.3 is 57.5 Å². The van der Waals surface area contributed by atoms with Gasteiger partial charge in [0.1, 0.15) is 28.6 Å². The topological polar surface area (TPSA) is 110 Å². The average molecular weight is 2540 g/mol. The van der Waals surface area contributed by atoms with E-state index in [1.165, 1.54) is 76.5 Å². The predicted octanol–water partition coefficient (Wildman–Crippen LogP) is 26.9. The number of aromatic nitrogens is 9. The zero-order valence-electron chi connectivity index (χ0n) is 76.6. The maximum Gasteiger partial charge on any atom is 3.00 e. The summed E-state index contributed by atoms with van der Waals surface area (Å²) < 4.78 is 8.63. The van der Waals surface area contributed by atoms with Gasteiger partial charge in [-0.3, -0.25) is 0 Å². The second-order valence-corrected chi connectivity index (χ2v) is 32.0. The van der Waals surface area contributed by atoms with Crippen molar-refractivity contribution in [2.24, 2.45) is 0 Å². The Bertz CT molecular complexity index is 7080. The van der Waals surface area contributed by atoms with Crippen molar-refractivity contribution in [3.8, 4) is 22.9 Å². The van der Waals surface area contributed by atoms with Crippen LogP contribution in [0.3, 0.4) is 0 Å². The molecule has 17 nitrogen and oxygen atoms in total. The van der Waals surface area contributed by atoms with E-state index in [9.17, 15) is 0 Å². The Hall–Kier alpha value is -15.5. The summed E-state index contributed by atoms with van der Waals surface area (Å²) in [5.41, 5.74) is 20.6. The van der Waals surface area contributed by atoms with Gasteiger partial charge in [0.15, 0.2) is 0 Å². The van der Waals surface area contributed by atoms with E-state index < -0.39 is 0 Å². The summed E-state index contributed by atoms with van der Waals surface area (Å²) in [6.45, 7) is 8.15.